The van der Waals surface area contributed by atoms with Gasteiger partial charge in [-0.2, -0.15) is 8.61 Å². The van der Waals surface area contributed by atoms with Gasteiger partial charge in [-0.3, -0.25) is 0 Å². The van der Waals surface area contributed by atoms with Crippen molar-refractivity contribution in [1.82, 2.24) is 28.8 Å². The van der Waals surface area contributed by atoms with Crippen LogP contribution in [0.25, 0.3) is 5.69 Å². The maximum Gasteiger partial charge on any atom is 0.243 e. The molecule has 1 aliphatic rings. The van der Waals surface area contributed by atoms with E-state index >= 15 is 0 Å². The van der Waals surface area contributed by atoms with Gasteiger partial charge >= 0.3 is 0 Å². The number of piperazine rings is 1. The van der Waals surface area contributed by atoms with Crippen molar-refractivity contribution in [2.75, 3.05) is 26.2 Å². The standard InChI is InChI=1S/C17H17ClN6O4S2/c18-14-4-6-16(7-5-14)29(25,26)22-8-10-23(11-9-22)30(27,28)17-3-1-2-15(12-17)24-13-19-20-21-24/h1-7,12-13H,8-11H2. The Morgan fingerprint density at radius 3 is 1.97 bits per heavy atom. The molecule has 30 heavy (non-hydrogen) atoms. The van der Waals surface area contributed by atoms with Crippen molar-refractivity contribution >= 4 is 31.6 Å². The van der Waals surface area contributed by atoms with Crippen LogP contribution in [0.2, 0.25) is 5.02 Å². The number of hydrogen-bond donors (Lipinski definition) is 0. The molecule has 0 amide bonds. The van der Waals surface area contributed by atoms with E-state index in [1.807, 2.05) is 0 Å². The van der Waals surface area contributed by atoms with Crippen molar-refractivity contribution < 1.29 is 16.8 Å². The summed E-state index contributed by atoms with van der Waals surface area (Å²) < 4.78 is 55.6. The number of benzene rings is 2. The zero-order valence-electron chi connectivity index (χ0n) is 15.5. The van der Waals surface area contributed by atoms with Gasteiger partial charge in [0.05, 0.1) is 15.5 Å². The Balaban J connectivity index is 1.51. The number of halogens is 1. The first kappa shape index (κ1) is 20.9. The third kappa shape index (κ3) is 3.96. The first-order valence-corrected chi connectivity index (χ1v) is 12.1. The Morgan fingerprint density at radius 1 is 0.800 bits per heavy atom. The van der Waals surface area contributed by atoms with Gasteiger partial charge in [-0.25, -0.2) is 21.5 Å². The smallest absolute Gasteiger partial charge is 0.207 e. The van der Waals surface area contributed by atoms with Crippen molar-refractivity contribution in [1.29, 1.82) is 0 Å². The molecule has 10 nitrogen and oxygen atoms in total. The molecule has 0 unspecified atom stereocenters. The Morgan fingerprint density at radius 2 is 1.40 bits per heavy atom. The highest BCUT2D eigenvalue weighted by Gasteiger charge is 2.33. The predicted molar refractivity (Wildman–Crippen MR) is 108 cm³/mol. The molecule has 0 aliphatic carbocycles. The maximum absolute atomic E-state index is 13.1. The van der Waals surface area contributed by atoms with E-state index in [1.54, 1.807) is 12.1 Å². The molecule has 2 heterocycles. The fourth-order valence-electron chi connectivity index (χ4n) is 3.12. The van der Waals surface area contributed by atoms with Gasteiger partial charge in [0.1, 0.15) is 6.33 Å². The van der Waals surface area contributed by atoms with E-state index in [-0.39, 0.29) is 36.0 Å². The first-order chi connectivity index (χ1) is 14.3. The molecule has 4 rings (SSSR count). The van der Waals surface area contributed by atoms with Gasteiger partial charge in [0, 0.05) is 31.2 Å². The van der Waals surface area contributed by atoms with E-state index in [9.17, 15) is 16.8 Å². The van der Waals surface area contributed by atoms with Crippen LogP contribution in [-0.2, 0) is 20.0 Å². The molecule has 1 fully saturated rings. The van der Waals surface area contributed by atoms with Crippen LogP contribution in [0, 0.1) is 0 Å². The summed E-state index contributed by atoms with van der Waals surface area (Å²) in [5.74, 6) is 0. The van der Waals surface area contributed by atoms with Crippen molar-refractivity contribution in [2.45, 2.75) is 9.79 Å². The van der Waals surface area contributed by atoms with E-state index in [1.165, 1.54) is 56.0 Å². The predicted octanol–water partition coefficient (Wildman–Crippen LogP) is 1.01. The minimum Gasteiger partial charge on any atom is -0.207 e. The third-order valence-electron chi connectivity index (χ3n) is 4.72. The topological polar surface area (TPSA) is 118 Å². The number of sulfonamides is 2. The van der Waals surface area contributed by atoms with Crippen LogP contribution in [-0.4, -0.2) is 71.8 Å². The molecule has 0 radical (unpaired) electrons. The summed E-state index contributed by atoms with van der Waals surface area (Å²) in [7, 11) is -7.52. The highest BCUT2D eigenvalue weighted by molar-refractivity contribution is 7.89. The van der Waals surface area contributed by atoms with E-state index in [4.69, 9.17) is 11.6 Å². The Hall–Kier alpha value is -2.38. The summed E-state index contributed by atoms with van der Waals surface area (Å²) in [5.41, 5.74) is 0.505. The molecular formula is C17H17ClN6O4S2. The quantitative estimate of drug-likeness (QED) is 0.548. The second-order valence-electron chi connectivity index (χ2n) is 6.51. The SMILES string of the molecule is O=S(=O)(c1ccc(Cl)cc1)N1CCN(S(=O)(=O)c2cccc(-n3cnnn3)c2)CC1. The van der Waals surface area contributed by atoms with Crippen LogP contribution < -0.4 is 0 Å². The van der Waals surface area contributed by atoms with Crippen LogP contribution in [0.15, 0.2) is 64.6 Å². The fourth-order valence-corrected chi connectivity index (χ4v) is 6.13. The normalized spacial score (nSPS) is 16.6. The summed E-state index contributed by atoms with van der Waals surface area (Å²) in [6.07, 6.45) is 1.37. The van der Waals surface area contributed by atoms with Crippen molar-refractivity contribution in [2.24, 2.45) is 0 Å². The van der Waals surface area contributed by atoms with E-state index in [0.29, 0.717) is 10.7 Å². The first-order valence-electron chi connectivity index (χ1n) is 8.88. The molecule has 0 bridgehead atoms. The zero-order valence-corrected chi connectivity index (χ0v) is 17.9. The fraction of sp³-hybridized carbons (Fsp3) is 0.235. The molecule has 158 valence electrons. The molecule has 0 saturated carbocycles. The van der Waals surface area contributed by atoms with E-state index in [2.05, 4.69) is 15.5 Å². The molecule has 1 aromatic heterocycles. The van der Waals surface area contributed by atoms with Gasteiger partial charge in [0.15, 0.2) is 0 Å². The summed E-state index contributed by atoms with van der Waals surface area (Å²) in [5, 5.41) is 11.3. The minimum atomic E-state index is -3.80. The van der Waals surface area contributed by atoms with Crippen molar-refractivity contribution in [3.05, 3.63) is 59.9 Å². The second-order valence-corrected chi connectivity index (χ2v) is 10.8. The lowest BCUT2D eigenvalue weighted by Crippen LogP contribution is -2.50. The monoisotopic (exact) mass is 468 g/mol. The van der Waals surface area contributed by atoms with Gasteiger partial charge in [0.25, 0.3) is 0 Å². The Kier molecular flexibility index (Phi) is 5.59. The molecular weight excluding hydrogens is 452 g/mol. The average Bonchev–Trinajstić information content (AvgIpc) is 3.29. The lowest BCUT2D eigenvalue weighted by molar-refractivity contribution is 0.273. The molecule has 2 aromatic carbocycles. The van der Waals surface area contributed by atoms with Crippen molar-refractivity contribution in [3.63, 3.8) is 0 Å². The van der Waals surface area contributed by atoms with E-state index in [0.717, 1.165) is 0 Å². The summed E-state index contributed by atoms with van der Waals surface area (Å²) in [6, 6.07) is 12.1. The molecule has 0 atom stereocenters. The number of aromatic nitrogens is 4. The number of tetrazole rings is 1. The van der Waals surface area contributed by atoms with Gasteiger partial charge in [-0.1, -0.05) is 17.7 Å². The summed E-state index contributed by atoms with van der Waals surface area (Å²) in [6.45, 7) is 0.197. The van der Waals surface area contributed by atoms with Crippen LogP contribution in [0.1, 0.15) is 0 Å². The maximum atomic E-state index is 13.1. The number of hydrogen-bond acceptors (Lipinski definition) is 7. The molecule has 0 spiro atoms. The number of rotatable bonds is 5. The van der Waals surface area contributed by atoms with Crippen LogP contribution in [0.3, 0.4) is 0 Å². The van der Waals surface area contributed by atoms with Gasteiger partial charge in [-0.05, 0) is 52.9 Å². The van der Waals surface area contributed by atoms with Gasteiger partial charge in [0.2, 0.25) is 20.0 Å². The minimum absolute atomic E-state index is 0.0459. The highest BCUT2D eigenvalue weighted by atomic mass is 35.5. The summed E-state index contributed by atoms with van der Waals surface area (Å²) >= 11 is 5.82. The molecule has 1 aliphatic heterocycles. The highest BCUT2D eigenvalue weighted by Crippen LogP contribution is 2.23. The molecule has 13 heteroatoms. The molecule has 3 aromatic rings. The Bertz CT molecular complexity index is 1240. The zero-order chi connectivity index (χ0) is 21.4. The van der Waals surface area contributed by atoms with Crippen LogP contribution >= 0.6 is 11.6 Å². The number of nitrogens with zero attached hydrogens (tertiary/aromatic N) is 6. The molecule has 0 N–H and O–H groups in total. The van der Waals surface area contributed by atoms with Crippen molar-refractivity contribution in [3.8, 4) is 5.69 Å². The van der Waals surface area contributed by atoms with E-state index < -0.39 is 20.0 Å². The van der Waals surface area contributed by atoms with Gasteiger partial charge in [-0.15, -0.1) is 5.10 Å². The molecule has 1 saturated heterocycles. The van der Waals surface area contributed by atoms with Gasteiger partial charge < -0.3 is 0 Å². The average molecular weight is 469 g/mol. The third-order valence-corrected chi connectivity index (χ3v) is 8.78. The second kappa shape index (κ2) is 8.04. The largest absolute Gasteiger partial charge is 0.243 e. The lowest BCUT2D eigenvalue weighted by Gasteiger charge is -2.33. The van der Waals surface area contributed by atoms with Crippen LogP contribution in [0.4, 0.5) is 0 Å². The van der Waals surface area contributed by atoms with Crippen LogP contribution in [0.5, 0.6) is 0 Å². The lowest BCUT2D eigenvalue weighted by atomic mass is 10.3. The Labute approximate surface area is 178 Å². The summed E-state index contributed by atoms with van der Waals surface area (Å²) in [4.78, 5) is 0.210.